The summed E-state index contributed by atoms with van der Waals surface area (Å²) in [6.07, 6.45) is 4.98. The van der Waals surface area contributed by atoms with Crippen molar-refractivity contribution in [1.82, 2.24) is 0 Å². The number of nitrogens with two attached hydrogens (primary N) is 2. The van der Waals surface area contributed by atoms with E-state index in [1.54, 1.807) is 36.4 Å². The van der Waals surface area contributed by atoms with E-state index in [9.17, 15) is 10.2 Å². The van der Waals surface area contributed by atoms with E-state index >= 15 is 0 Å². The van der Waals surface area contributed by atoms with Gasteiger partial charge in [0.15, 0.2) is 5.72 Å². The molecule has 0 fully saturated rings. The molecule has 1 aliphatic rings. The number of rotatable bonds is 1. The molecule has 0 heterocycles. The molecule has 1 aliphatic carbocycles. The van der Waals surface area contributed by atoms with Crippen LogP contribution < -0.4 is 11.5 Å². The molecule has 2 atom stereocenters. The Morgan fingerprint density at radius 3 is 2.62 bits per heavy atom. The fourth-order valence-corrected chi connectivity index (χ4v) is 1.74. The highest BCUT2D eigenvalue weighted by atomic mass is 16.3. The molecule has 2 rings (SSSR count). The third kappa shape index (κ3) is 1.63. The minimum absolute atomic E-state index is 0.0696. The van der Waals surface area contributed by atoms with Gasteiger partial charge in [0, 0.05) is 11.1 Å². The van der Waals surface area contributed by atoms with Gasteiger partial charge >= 0.3 is 0 Å². The predicted molar refractivity (Wildman–Crippen MR) is 62.3 cm³/mol. The summed E-state index contributed by atoms with van der Waals surface area (Å²) in [6, 6.07) is 6.00. The summed E-state index contributed by atoms with van der Waals surface area (Å²) in [5.41, 5.74) is 10.7. The van der Waals surface area contributed by atoms with Crippen LogP contribution in [0, 0.1) is 0 Å². The topological polar surface area (TPSA) is 92.5 Å². The third-order valence-corrected chi connectivity index (χ3v) is 2.72. The maximum atomic E-state index is 10.1. The largest absolute Gasteiger partial charge is 0.507 e. The summed E-state index contributed by atoms with van der Waals surface area (Å²) in [4.78, 5) is 0. The SMILES string of the molecule is NC1C=CC=C(c2ccccc2O)C1(N)O. The molecule has 0 radical (unpaired) electrons. The molecule has 0 amide bonds. The summed E-state index contributed by atoms with van der Waals surface area (Å²) in [5, 5.41) is 19.8. The first-order valence-electron chi connectivity index (χ1n) is 4.97. The average molecular weight is 218 g/mol. The lowest BCUT2D eigenvalue weighted by Gasteiger charge is -2.33. The van der Waals surface area contributed by atoms with Gasteiger partial charge in [0.25, 0.3) is 0 Å². The number of aromatic hydroxyl groups is 1. The zero-order valence-electron chi connectivity index (χ0n) is 8.67. The van der Waals surface area contributed by atoms with Crippen molar-refractivity contribution in [1.29, 1.82) is 0 Å². The molecule has 0 spiro atoms. The fourth-order valence-electron chi connectivity index (χ4n) is 1.74. The van der Waals surface area contributed by atoms with Crippen molar-refractivity contribution in [2.75, 3.05) is 0 Å². The molecule has 0 aliphatic heterocycles. The smallest absolute Gasteiger partial charge is 0.159 e. The Hall–Kier alpha value is -1.62. The fraction of sp³-hybridized carbons (Fsp3) is 0.167. The summed E-state index contributed by atoms with van der Waals surface area (Å²) >= 11 is 0. The number of phenolic OH excluding ortho intramolecular Hbond substituents is 1. The number of hydrogen-bond acceptors (Lipinski definition) is 4. The lowest BCUT2D eigenvalue weighted by molar-refractivity contribution is 0.0939. The molecule has 84 valence electrons. The second kappa shape index (κ2) is 3.75. The highest BCUT2D eigenvalue weighted by Gasteiger charge is 2.35. The number of phenols is 1. The van der Waals surface area contributed by atoms with Crippen LogP contribution in [0.3, 0.4) is 0 Å². The van der Waals surface area contributed by atoms with E-state index in [0.29, 0.717) is 11.1 Å². The molecule has 6 N–H and O–H groups in total. The molecular formula is C12H14N2O2. The summed E-state index contributed by atoms with van der Waals surface area (Å²) < 4.78 is 0. The summed E-state index contributed by atoms with van der Waals surface area (Å²) in [6.45, 7) is 0. The van der Waals surface area contributed by atoms with Crippen molar-refractivity contribution in [3.05, 3.63) is 48.1 Å². The van der Waals surface area contributed by atoms with Crippen molar-refractivity contribution in [3.63, 3.8) is 0 Å². The van der Waals surface area contributed by atoms with Crippen molar-refractivity contribution in [2.45, 2.75) is 11.8 Å². The maximum Gasteiger partial charge on any atom is 0.159 e. The Labute approximate surface area is 93.5 Å². The van der Waals surface area contributed by atoms with Gasteiger partial charge in [0.2, 0.25) is 0 Å². The standard InChI is InChI=1S/C12H14N2O2/c13-11-7-3-5-9(12(11,14)16)8-4-1-2-6-10(8)15/h1-7,11,15-16H,13-14H2. The van der Waals surface area contributed by atoms with Crippen LogP contribution in [0.25, 0.3) is 5.57 Å². The molecule has 2 unspecified atom stereocenters. The van der Waals surface area contributed by atoms with Gasteiger partial charge in [-0.1, -0.05) is 36.4 Å². The summed E-state index contributed by atoms with van der Waals surface area (Å²) in [5.74, 6) is 0.0696. The number of para-hydroxylation sites is 1. The van der Waals surface area contributed by atoms with E-state index < -0.39 is 11.8 Å². The van der Waals surface area contributed by atoms with Crippen molar-refractivity contribution in [3.8, 4) is 5.75 Å². The van der Waals surface area contributed by atoms with Crippen molar-refractivity contribution in [2.24, 2.45) is 11.5 Å². The first-order chi connectivity index (χ1) is 7.53. The Morgan fingerprint density at radius 2 is 1.94 bits per heavy atom. The van der Waals surface area contributed by atoms with Crippen LogP contribution in [-0.2, 0) is 0 Å². The normalized spacial score (nSPS) is 28.9. The molecule has 16 heavy (non-hydrogen) atoms. The number of aliphatic hydroxyl groups is 1. The highest BCUT2D eigenvalue weighted by molar-refractivity contribution is 5.78. The Morgan fingerprint density at radius 1 is 1.25 bits per heavy atom. The Balaban J connectivity index is 2.53. The Kier molecular flexibility index (Phi) is 2.55. The van der Waals surface area contributed by atoms with Crippen LogP contribution in [0.15, 0.2) is 42.5 Å². The average Bonchev–Trinajstić information content (AvgIpc) is 2.24. The van der Waals surface area contributed by atoms with Crippen LogP contribution in [-0.4, -0.2) is 22.0 Å². The monoisotopic (exact) mass is 218 g/mol. The molecule has 4 heteroatoms. The van der Waals surface area contributed by atoms with Crippen LogP contribution >= 0.6 is 0 Å². The van der Waals surface area contributed by atoms with Gasteiger partial charge in [-0.3, -0.25) is 5.73 Å². The lowest BCUT2D eigenvalue weighted by Crippen LogP contribution is -2.56. The van der Waals surface area contributed by atoms with Crippen LogP contribution in [0.5, 0.6) is 5.75 Å². The number of benzene rings is 1. The predicted octanol–water partition coefficient (Wildman–Crippen LogP) is 0.320. The van der Waals surface area contributed by atoms with Gasteiger partial charge in [-0.15, -0.1) is 0 Å². The number of hydrogen-bond donors (Lipinski definition) is 4. The zero-order chi connectivity index (χ0) is 11.8. The minimum Gasteiger partial charge on any atom is -0.507 e. The molecule has 0 aromatic heterocycles. The minimum atomic E-state index is -1.66. The first kappa shape index (κ1) is 10.9. The Bertz CT molecular complexity index is 464. The molecule has 0 saturated heterocycles. The molecule has 1 aromatic carbocycles. The molecule has 1 aromatic rings. The van der Waals surface area contributed by atoms with Gasteiger partial charge in [-0.05, 0) is 6.07 Å². The maximum absolute atomic E-state index is 10.1. The van der Waals surface area contributed by atoms with Gasteiger partial charge in [0.1, 0.15) is 5.75 Å². The van der Waals surface area contributed by atoms with Crippen molar-refractivity contribution >= 4 is 5.57 Å². The molecular weight excluding hydrogens is 204 g/mol. The zero-order valence-corrected chi connectivity index (χ0v) is 8.67. The third-order valence-electron chi connectivity index (χ3n) is 2.72. The van der Waals surface area contributed by atoms with Crippen LogP contribution in [0.1, 0.15) is 5.56 Å². The second-order valence-corrected chi connectivity index (χ2v) is 3.83. The van der Waals surface area contributed by atoms with E-state index in [1.807, 2.05) is 0 Å². The summed E-state index contributed by atoms with van der Waals surface area (Å²) in [7, 11) is 0. The lowest BCUT2D eigenvalue weighted by atomic mass is 9.86. The highest BCUT2D eigenvalue weighted by Crippen LogP contribution is 2.33. The quantitative estimate of drug-likeness (QED) is 0.511. The van der Waals surface area contributed by atoms with Gasteiger partial charge in [-0.2, -0.15) is 0 Å². The molecule has 0 bridgehead atoms. The van der Waals surface area contributed by atoms with Gasteiger partial charge in [-0.25, -0.2) is 0 Å². The van der Waals surface area contributed by atoms with E-state index in [2.05, 4.69) is 0 Å². The van der Waals surface area contributed by atoms with Crippen LogP contribution in [0.2, 0.25) is 0 Å². The van der Waals surface area contributed by atoms with Gasteiger partial charge < -0.3 is 15.9 Å². The van der Waals surface area contributed by atoms with E-state index in [4.69, 9.17) is 11.5 Å². The van der Waals surface area contributed by atoms with Crippen molar-refractivity contribution < 1.29 is 10.2 Å². The van der Waals surface area contributed by atoms with Crippen LogP contribution in [0.4, 0.5) is 0 Å². The first-order valence-corrected chi connectivity index (χ1v) is 4.97. The molecule has 4 nitrogen and oxygen atoms in total. The molecule has 0 saturated carbocycles. The van der Waals surface area contributed by atoms with E-state index in [1.165, 1.54) is 6.07 Å². The van der Waals surface area contributed by atoms with E-state index in [0.717, 1.165) is 0 Å². The number of allylic oxidation sites excluding steroid dienone is 2. The van der Waals surface area contributed by atoms with E-state index in [-0.39, 0.29) is 5.75 Å². The second-order valence-electron chi connectivity index (χ2n) is 3.83. The van der Waals surface area contributed by atoms with Gasteiger partial charge in [0.05, 0.1) is 6.04 Å².